The molecule has 0 fully saturated rings. The summed E-state index contributed by atoms with van der Waals surface area (Å²) in [4.78, 5) is 24.1. The van der Waals surface area contributed by atoms with Gasteiger partial charge in [0.25, 0.3) is 0 Å². The highest BCUT2D eigenvalue weighted by molar-refractivity contribution is 5.96. The van der Waals surface area contributed by atoms with Crippen LogP contribution in [0.15, 0.2) is 104 Å². The molecule has 5 heterocycles. The number of hydrogen-bond acceptors (Lipinski definition) is 3. The first kappa shape index (κ1) is 32.1. The number of hydrogen-bond donors (Lipinski definition) is 4. The van der Waals surface area contributed by atoms with E-state index in [4.69, 9.17) is 0 Å². The molecule has 7 heteroatoms. The minimum absolute atomic E-state index is 0.452. The molecule has 0 amide bonds. The van der Waals surface area contributed by atoms with Crippen molar-refractivity contribution in [2.24, 2.45) is 0 Å². The van der Waals surface area contributed by atoms with Gasteiger partial charge in [-0.2, -0.15) is 0 Å². The van der Waals surface area contributed by atoms with E-state index in [-0.39, 0.29) is 0 Å². The van der Waals surface area contributed by atoms with E-state index in [1.54, 1.807) is 0 Å². The average molecular weight is 662 g/mol. The van der Waals surface area contributed by atoms with Crippen molar-refractivity contribution in [3.05, 3.63) is 126 Å². The summed E-state index contributed by atoms with van der Waals surface area (Å²) in [5, 5.41) is 5.19. The van der Waals surface area contributed by atoms with Gasteiger partial charge in [0.2, 0.25) is 0 Å². The minimum Gasteiger partial charge on any atom is -0.361 e. The molecule has 254 valence electrons. The molecular formula is C43H47N7. The van der Waals surface area contributed by atoms with Crippen LogP contribution < -0.4 is 0 Å². The molecule has 0 saturated carbocycles. The zero-order valence-electron chi connectivity index (χ0n) is 29.4. The number of benzene rings is 3. The fourth-order valence-corrected chi connectivity index (χ4v) is 7.78. The van der Waals surface area contributed by atoms with Crippen molar-refractivity contribution < 1.29 is 0 Å². The lowest BCUT2D eigenvalue weighted by atomic mass is 10.00. The highest BCUT2D eigenvalue weighted by Crippen LogP contribution is 2.36. The molecule has 3 aromatic carbocycles. The van der Waals surface area contributed by atoms with Gasteiger partial charge < -0.3 is 29.7 Å². The second-order valence-electron chi connectivity index (χ2n) is 14.1. The monoisotopic (exact) mass is 661 g/mol. The third-order valence-electron chi connectivity index (χ3n) is 10.6. The number of nitrogens with one attached hydrogen (secondary N) is 4. The Balaban J connectivity index is 1.04. The molecule has 0 unspecified atom stereocenters. The molecule has 0 atom stereocenters. The van der Waals surface area contributed by atoms with E-state index >= 15 is 0 Å². The van der Waals surface area contributed by atoms with E-state index < -0.39 is 0 Å². The van der Waals surface area contributed by atoms with Crippen LogP contribution in [0.25, 0.3) is 55.1 Å². The van der Waals surface area contributed by atoms with E-state index in [1.165, 1.54) is 71.7 Å². The summed E-state index contributed by atoms with van der Waals surface area (Å²) in [7, 11) is 2.24. The van der Waals surface area contributed by atoms with Gasteiger partial charge in [-0.1, -0.05) is 54.6 Å². The third kappa shape index (κ3) is 6.35. The fraction of sp³-hybridized carbons (Fsp3) is 0.279. The van der Waals surface area contributed by atoms with Crippen molar-refractivity contribution in [2.75, 3.05) is 33.2 Å². The molecule has 5 aromatic heterocycles. The Kier molecular flexibility index (Phi) is 9.00. The van der Waals surface area contributed by atoms with Crippen molar-refractivity contribution in [3.63, 3.8) is 0 Å². The van der Waals surface area contributed by atoms with Gasteiger partial charge >= 0.3 is 0 Å². The molecule has 4 N–H and O–H groups in total. The van der Waals surface area contributed by atoms with E-state index in [1.807, 2.05) is 12.3 Å². The first-order valence-corrected chi connectivity index (χ1v) is 18.1. The zero-order chi connectivity index (χ0) is 34.0. The van der Waals surface area contributed by atoms with Crippen LogP contribution in [0.2, 0.25) is 0 Å². The Morgan fingerprint density at radius 2 is 1.08 bits per heavy atom. The van der Waals surface area contributed by atoms with Gasteiger partial charge in [-0.15, -0.1) is 0 Å². The van der Waals surface area contributed by atoms with Crippen molar-refractivity contribution in [3.8, 4) is 11.4 Å². The maximum absolute atomic E-state index is 4.47. The smallest absolute Gasteiger partial charge is 0.137 e. The van der Waals surface area contributed by atoms with Crippen LogP contribution in [0.1, 0.15) is 36.1 Å². The SMILES string of the molecule is CC(C)N(CCc1c[nH]c2ccccc12)CCc1c(-c2[nH]c3ccccc3c2CCN(C)CCc2c[nH]c3ncccc23)[nH]c2ccccc12. The lowest BCUT2D eigenvalue weighted by Gasteiger charge is -2.26. The Morgan fingerprint density at radius 3 is 1.78 bits per heavy atom. The minimum atomic E-state index is 0.452. The summed E-state index contributed by atoms with van der Waals surface area (Å²) in [6, 6.07) is 30.9. The van der Waals surface area contributed by atoms with E-state index in [9.17, 15) is 0 Å². The molecule has 8 aromatic rings. The fourth-order valence-electron chi connectivity index (χ4n) is 7.78. The highest BCUT2D eigenvalue weighted by atomic mass is 15.1. The highest BCUT2D eigenvalue weighted by Gasteiger charge is 2.21. The summed E-state index contributed by atoms with van der Waals surface area (Å²) in [6.45, 7) is 8.63. The van der Waals surface area contributed by atoms with Crippen molar-refractivity contribution in [1.82, 2.24) is 34.7 Å². The van der Waals surface area contributed by atoms with E-state index in [2.05, 4.69) is 147 Å². The Hall–Kier alpha value is -5.11. The van der Waals surface area contributed by atoms with Gasteiger partial charge in [0.15, 0.2) is 0 Å². The Labute approximate surface area is 293 Å². The number of H-pyrrole nitrogens is 4. The molecule has 0 bridgehead atoms. The van der Waals surface area contributed by atoms with Crippen LogP contribution in [0, 0.1) is 0 Å². The van der Waals surface area contributed by atoms with Gasteiger partial charge in [-0.05, 0) is 99.2 Å². The molecule has 50 heavy (non-hydrogen) atoms. The lowest BCUT2D eigenvalue weighted by Crippen LogP contribution is -2.34. The largest absolute Gasteiger partial charge is 0.361 e. The number of pyridine rings is 1. The standard InChI is InChI=1S/C43H47N7/c1-29(2)50(25-19-30-27-45-38-15-7-4-11-32(30)38)26-21-37-35-13-6-9-17-40(35)48-42(37)41-36(34-12-5-8-16-39(34)47-41)20-24-49(3)23-18-31-28-46-43-33(31)14-10-22-44-43/h4-17,22,27-29,45,47-48H,18-21,23-26H2,1-3H3,(H,44,46). The summed E-state index contributed by atoms with van der Waals surface area (Å²) in [5.41, 5.74) is 12.5. The molecule has 7 nitrogen and oxygen atoms in total. The molecule has 0 radical (unpaired) electrons. The van der Waals surface area contributed by atoms with Gasteiger partial charge in [-0.3, -0.25) is 0 Å². The Bertz CT molecular complexity index is 2370. The lowest BCUT2D eigenvalue weighted by molar-refractivity contribution is 0.227. The molecule has 0 aliphatic carbocycles. The number of aromatic amines is 4. The summed E-state index contributed by atoms with van der Waals surface area (Å²) in [6.07, 6.45) is 10.1. The van der Waals surface area contributed by atoms with E-state index in [0.29, 0.717) is 6.04 Å². The number of nitrogens with zero attached hydrogens (tertiary/aromatic N) is 3. The third-order valence-corrected chi connectivity index (χ3v) is 10.6. The van der Waals surface area contributed by atoms with Gasteiger partial charge in [0.05, 0.1) is 11.4 Å². The second kappa shape index (κ2) is 14.0. The van der Waals surface area contributed by atoms with Crippen molar-refractivity contribution in [1.29, 1.82) is 0 Å². The number of rotatable bonds is 14. The van der Waals surface area contributed by atoms with Crippen LogP contribution in [-0.4, -0.2) is 74.0 Å². The van der Waals surface area contributed by atoms with Crippen LogP contribution in [-0.2, 0) is 25.7 Å². The summed E-state index contributed by atoms with van der Waals surface area (Å²) < 4.78 is 0. The molecule has 0 spiro atoms. The predicted octanol–water partition coefficient (Wildman–Crippen LogP) is 8.89. The quantitative estimate of drug-likeness (QED) is 0.0940. The average Bonchev–Trinajstić information content (AvgIpc) is 3.92. The number of likely N-dealkylation sites (N-methyl/N-ethyl adjacent to an activating group) is 1. The first-order chi connectivity index (χ1) is 24.5. The normalized spacial score (nSPS) is 12.3. The molecule has 8 rings (SSSR count). The first-order valence-electron chi connectivity index (χ1n) is 18.1. The molecular weight excluding hydrogens is 615 g/mol. The maximum Gasteiger partial charge on any atom is 0.137 e. The maximum atomic E-state index is 4.47. The molecule has 0 saturated heterocycles. The Morgan fingerprint density at radius 1 is 0.560 bits per heavy atom. The van der Waals surface area contributed by atoms with E-state index in [0.717, 1.165) is 57.5 Å². The molecule has 0 aliphatic heterocycles. The van der Waals surface area contributed by atoms with Crippen LogP contribution in [0.4, 0.5) is 0 Å². The van der Waals surface area contributed by atoms with Crippen LogP contribution >= 0.6 is 0 Å². The van der Waals surface area contributed by atoms with Crippen molar-refractivity contribution in [2.45, 2.75) is 45.6 Å². The van der Waals surface area contributed by atoms with Gasteiger partial charge in [0.1, 0.15) is 5.65 Å². The topological polar surface area (TPSA) is 82.5 Å². The molecule has 0 aliphatic rings. The summed E-state index contributed by atoms with van der Waals surface area (Å²) in [5.74, 6) is 0. The second-order valence-corrected chi connectivity index (χ2v) is 14.1. The van der Waals surface area contributed by atoms with Crippen LogP contribution in [0.5, 0.6) is 0 Å². The zero-order valence-corrected chi connectivity index (χ0v) is 29.4. The van der Waals surface area contributed by atoms with Gasteiger partial charge in [0, 0.05) is 88.9 Å². The van der Waals surface area contributed by atoms with Crippen LogP contribution in [0.3, 0.4) is 0 Å². The summed E-state index contributed by atoms with van der Waals surface area (Å²) >= 11 is 0. The van der Waals surface area contributed by atoms with Gasteiger partial charge in [-0.25, -0.2) is 4.98 Å². The number of para-hydroxylation sites is 3. The number of fused-ring (bicyclic) bond motifs is 4. The van der Waals surface area contributed by atoms with Crippen molar-refractivity contribution >= 4 is 43.7 Å². The number of aromatic nitrogens is 5. The predicted molar refractivity (Wildman–Crippen MR) is 209 cm³/mol.